The largest absolute Gasteiger partial charge is 0.368 e. The number of carbonyl (C=O) groups is 1. The number of primary amides is 1. The highest BCUT2D eigenvalue weighted by molar-refractivity contribution is 7.99. The molecule has 1 aromatic rings. The standard InChI is InChI=1S/C15H24N2OS/c1-4-17-15(14(16)18,11-19-10-12(2)3)13-8-6-5-7-9-13/h5-9,12,17H,4,10-11H2,1-3H3,(H2,16,18). The van der Waals surface area contributed by atoms with E-state index in [1.54, 1.807) is 11.8 Å². The van der Waals surface area contributed by atoms with Crippen molar-refractivity contribution in [2.75, 3.05) is 18.1 Å². The van der Waals surface area contributed by atoms with Crippen molar-refractivity contribution >= 4 is 17.7 Å². The first-order valence-corrected chi connectivity index (χ1v) is 7.86. The average molecular weight is 280 g/mol. The lowest BCUT2D eigenvalue weighted by Crippen LogP contribution is -2.54. The molecule has 19 heavy (non-hydrogen) atoms. The Kier molecular flexibility index (Phi) is 6.38. The van der Waals surface area contributed by atoms with Gasteiger partial charge in [-0.15, -0.1) is 0 Å². The summed E-state index contributed by atoms with van der Waals surface area (Å²) in [5.74, 6) is 1.98. The summed E-state index contributed by atoms with van der Waals surface area (Å²) in [4.78, 5) is 12.0. The predicted molar refractivity (Wildman–Crippen MR) is 83.2 cm³/mol. The second-order valence-electron chi connectivity index (χ2n) is 5.07. The van der Waals surface area contributed by atoms with Crippen molar-refractivity contribution in [3.63, 3.8) is 0 Å². The van der Waals surface area contributed by atoms with Gasteiger partial charge in [-0.1, -0.05) is 51.1 Å². The van der Waals surface area contributed by atoms with Crippen LogP contribution in [0.25, 0.3) is 0 Å². The highest BCUT2D eigenvalue weighted by Crippen LogP contribution is 2.26. The van der Waals surface area contributed by atoms with E-state index in [4.69, 9.17) is 5.73 Å². The molecular weight excluding hydrogens is 256 g/mol. The molecule has 0 fully saturated rings. The smallest absolute Gasteiger partial charge is 0.243 e. The maximum Gasteiger partial charge on any atom is 0.243 e. The molecule has 1 unspecified atom stereocenters. The van der Waals surface area contributed by atoms with Crippen LogP contribution in [0.1, 0.15) is 26.3 Å². The molecule has 1 aromatic carbocycles. The minimum Gasteiger partial charge on any atom is -0.368 e. The number of nitrogens with one attached hydrogen (secondary N) is 1. The lowest BCUT2D eigenvalue weighted by atomic mass is 9.91. The zero-order chi connectivity index (χ0) is 14.3. The van der Waals surface area contributed by atoms with E-state index in [-0.39, 0.29) is 5.91 Å². The van der Waals surface area contributed by atoms with Gasteiger partial charge in [-0.25, -0.2) is 0 Å². The molecule has 0 aromatic heterocycles. The molecule has 0 aliphatic rings. The second kappa shape index (κ2) is 7.56. The molecule has 0 saturated heterocycles. The molecule has 0 saturated carbocycles. The van der Waals surface area contributed by atoms with Crippen LogP contribution in [0.15, 0.2) is 30.3 Å². The summed E-state index contributed by atoms with van der Waals surface area (Å²) in [7, 11) is 0. The minimum absolute atomic E-state index is 0.309. The van der Waals surface area contributed by atoms with Gasteiger partial charge in [-0.3, -0.25) is 10.1 Å². The van der Waals surface area contributed by atoms with Crippen LogP contribution >= 0.6 is 11.8 Å². The summed E-state index contributed by atoms with van der Waals surface area (Å²) in [6.45, 7) is 7.05. The maximum absolute atomic E-state index is 12.0. The quantitative estimate of drug-likeness (QED) is 0.768. The molecule has 0 aliphatic heterocycles. The summed E-state index contributed by atoms with van der Waals surface area (Å²) >= 11 is 1.77. The molecule has 3 nitrogen and oxygen atoms in total. The number of thioether (sulfide) groups is 1. The van der Waals surface area contributed by atoms with E-state index in [1.807, 2.05) is 37.3 Å². The highest BCUT2D eigenvalue weighted by atomic mass is 32.2. The molecule has 0 heterocycles. The van der Waals surface area contributed by atoms with Gasteiger partial charge in [0.05, 0.1) is 0 Å². The van der Waals surface area contributed by atoms with Crippen molar-refractivity contribution in [3.05, 3.63) is 35.9 Å². The summed E-state index contributed by atoms with van der Waals surface area (Å²) in [5, 5.41) is 3.29. The number of nitrogens with two attached hydrogens (primary N) is 1. The Hall–Kier alpha value is -1.00. The van der Waals surface area contributed by atoms with Crippen LogP contribution < -0.4 is 11.1 Å². The van der Waals surface area contributed by atoms with E-state index in [1.165, 1.54) is 0 Å². The summed E-state index contributed by atoms with van der Waals surface area (Å²) in [5.41, 5.74) is 5.87. The third-order valence-corrected chi connectivity index (χ3v) is 4.48. The first-order valence-electron chi connectivity index (χ1n) is 6.71. The summed E-state index contributed by atoms with van der Waals surface area (Å²) < 4.78 is 0. The molecule has 1 atom stereocenters. The van der Waals surface area contributed by atoms with Gasteiger partial charge < -0.3 is 5.73 Å². The Morgan fingerprint density at radius 2 is 2.00 bits per heavy atom. The van der Waals surface area contributed by atoms with Crippen molar-refractivity contribution in [1.29, 1.82) is 0 Å². The van der Waals surface area contributed by atoms with Gasteiger partial charge in [0, 0.05) is 5.75 Å². The Labute approximate surface area is 120 Å². The van der Waals surface area contributed by atoms with Gasteiger partial charge >= 0.3 is 0 Å². The topological polar surface area (TPSA) is 55.1 Å². The molecule has 0 aliphatic carbocycles. The Bertz CT molecular complexity index is 394. The number of rotatable bonds is 8. The molecule has 106 valence electrons. The SMILES string of the molecule is CCNC(CSCC(C)C)(C(N)=O)c1ccccc1. The number of hydrogen-bond donors (Lipinski definition) is 2. The second-order valence-corrected chi connectivity index (χ2v) is 6.11. The van der Waals surface area contributed by atoms with Crippen molar-refractivity contribution < 1.29 is 4.79 Å². The van der Waals surface area contributed by atoms with E-state index in [0.717, 1.165) is 11.3 Å². The van der Waals surface area contributed by atoms with Gasteiger partial charge in [0.1, 0.15) is 5.54 Å². The Morgan fingerprint density at radius 3 is 2.47 bits per heavy atom. The third kappa shape index (κ3) is 4.25. The molecule has 1 rings (SSSR count). The van der Waals surface area contributed by atoms with Crippen LogP contribution in [-0.4, -0.2) is 24.0 Å². The number of likely N-dealkylation sites (N-methyl/N-ethyl adjacent to an activating group) is 1. The maximum atomic E-state index is 12.0. The normalized spacial score (nSPS) is 14.3. The molecule has 3 N–H and O–H groups in total. The van der Waals surface area contributed by atoms with E-state index in [9.17, 15) is 4.79 Å². The average Bonchev–Trinajstić information content (AvgIpc) is 2.38. The van der Waals surface area contributed by atoms with E-state index in [2.05, 4.69) is 19.2 Å². The first-order chi connectivity index (χ1) is 9.03. The zero-order valence-electron chi connectivity index (χ0n) is 12.0. The summed E-state index contributed by atoms with van der Waals surface area (Å²) in [6, 6.07) is 9.75. The van der Waals surface area contributed by atoms with Crippen LogP contribution in [-0.2, 0) is 10.3 Å². The van der Waals surface area contributed by atoms with E-state index < -0.39 is 5.54 Å². The minimum atomic E-state index is -0.768. The lowest BCUT2D eigenvalue weighted by Gasteiger charge is -2.32. The fourth-order valence-electron chi connectivity index (χ4n) is 2.01. The van der Waals surface area contributed by atoms with Gasteiger partial charge in [0.2, 0.25) is 5.91 Å². The van der Waals surface area contributed by atoms with E-state index >= 15 is 0 Å². The first kappa shape index (κ1) is 16.1. The molecule has 1 amide bonds. The number of benzene rings is 1. The number of hydrogen-bond acceptors (Lipinski definition) is 3. The third-order valence-electron chi connectivity index (χ3n) is 2.94. The van der Waals surface area contributed by atoms with Crippen molar-refractivity contribution in [2.24, 2.45) is 11.7 Å². The van der Waals surface area contributed by atoms with Gasteiger partial charge in [-0.05, 0) is 23.8 Å². The van der Waals surface area contributed by atoms with Crippen LogP contribution in [0, 0.1) is 5.92 Å². The van der Waals surface area contributed by atoms with Crippen LogP contribution in [0.4, 0.5) is 0 Å². The van der Waals surface area contributed by atoms with Crippen molar-refractivity contribution in [3.8, 4) is 0 Å². The van der Waals surface area contributed by atoms with Crippen molar-refractivity contribution in [2.45, 2.75) is 26.3 Å². The zero-order valence-corrected chi connectivity index (χ0v) is 12.8. The van der Waals surface area contributed by atoms with Crippen LogP contribution in [0.5, 0.6) is 0 Å². The van der Waals surface area contributed by atoms with Gasteiger partial charge in [0.25, 0.3) is 0 Å². The van der Waals surface area contributed by atoms with Crippen LogP contribution in [0.3, 0.4) is 0 Å². The fraction of sp³-hybridized carbons (Fsp3) is 0.533. The molecule has 0 bridgehead atoms. The van der Waals surface area contributed by atoms with Crippen LogP contribution in [0.2, 0.25) is 0 Å². The highest BCUT2D eigenvalue weighted by Gasteiger charge is 2.37. The van der Waals surface area contributed by atoms with E-state index in [0.29, 0.717) is 18.2 Å². The van der Waals surface area contributed by atoms with Crippen molar-refractivity contribution in [1.82, 2.24) is 5.32 Å². The Balaban J connectivity index is 2.97. The van der Waals surface area contributed by atoms with Gasteiger partial charge in [0.15, 0.2) is 0 Å². The number of amides is 1. The molecule has 4 heteroatoms. The molecular formula is C15H24N2OS. The molecule has 0 radical (unpaired) electrons. The Morgan fingerprint density at radius 1 is 1.37 bits per heavy atom. The van der Waals surface area contributed by atoms with Gasteiger partial charge in [-0.2, -0.15) is 11.8 Å². The predicted octanol–water partition coefficient (Wildman–Crippen LogP) is 2.37. The number of carbonyl (C=O) groups excluding carboxylic acids is 1. The monoisotopic (exact) mass is 280 g/mol. The lowest BCUT2D eigenvalue weighted by molar-refractivity contribution is -0.123. The summed E-state index contributed by atoms with van der Waals surface area (Å²) in [6.07, 6.45) is 0. The fourth-order valence-corrected chi connectivity index (χ4v) is 3.32. The molecule has 0 spiro atoms.